The van der Waals surface area contributed by atoms with Crippen molar-refractivity contribution in [1.82, 2.24) is 15.8 Å². The Balaban J connectivity index is 1.68. The molecule has 0 unspecified atom stereocenters. The number of carbonyl (C=O) groups excluding carboxylic acids is 1. The molecule has 1 aromatic carbocycles. The number of hydrogen-bond donors (Lipinski definition) is 2. The van der Waals surface area contributed by atoms with Crippen molar-refractivity contribution in [3.8, 4) is 0 Å². The molecule has 0 aliphatic rings. The number of pyridine rings is 1. The maximum Gasteiger partial charge on any atom is 0.339 e. The monoisotopic (exact) mass is 271 g/mol. The van der Waals surface area contributed by atoms with Crippen molar-refractivity contribution in [2.75, 3.05) is 0 Å². The van der Waals surface area contributed by atoms with E-state index in [0.29, 0.717) is 13.2 Å². The Labute approximate surface area is 117 Å². The van der Waals surface area contributed by atoms with Crippen LogP contribution in [0.15, 0.2) is 48.5 Å². The average Bonchev–Trinajstić information content (AvgIpc) is 2.46. The number of urea groups is 1. The highest BCUT2D eigenvalue weighted by molar-refractivity contribution is 5.72. The number of benzene rings is 1. The SMILES string of the molecule is Cc1cccc(CNC(=O)NOCc2ccccc2)n1. The van der Waals surface area contributed by atoms with Crippen molar-refractivity contribution in [2.24, 2.45) is 0 Å². The van der Waals surface area contributed by atoms with Gasteiger partial charge in [-0.25, -0.2) is 10.3 Å². The highest BCUT2D eigenvalue weighted by atomic mass is 16.7. The first-order chi connectivity index (χ1) is 9.74. The molecule has 2 N–H and O–H groups in total. The van der Waals surface area contributed by atoms with E-state index in [0.717, 1.165) is 17.0 Å². The van der Waals surface area contributed by atoms with E-state index in [-0.39, 0.29) is 6.03 Å². The van der Waals surface area contributed by atoms with Crippen LogP contribution in [0.5, 0.6) is 0 Å². The number of hydroxylamine groups is 1. The summed E-state index contributed by atoms with van der Waals surface area (Å²) < 4.78 is 0. The fraction of sp³-hybridized carbons (Fsp3) is 0.200. The molecule has 104 valence electrons. The molecule has 0 aliphatic carbocycles. The van der Waals surface area contributed by atoms with E-state index in [4.69, 9.17) is 4.84 Å². The lowest BCUT2D eigenvalue weighted by Crippen LogP contribution is -2.35. The van der Waals surface area contributed by atoms with E-state index in [1.807, 2.05) is 55.5 Å². The summed E-state index contributed by atoms with van der Waals surface area (Å²) in [7, 11) is 0. The van der Waals surface area contributed by atoms with Crippen LogP contribution in [-0.2, 0) is 18.0 Å². The molecule has 0 aliphatic heterocycles. The number of amides is 2. The van der Waals surface area contributed by atoms with E-state index in [2.05, 4.69) is 15.8 Å². The van der Waals surface area contributed by atoms with Crippen molar-refractivity contribution in [1.29, 1.82) is 0 Å². The Morgan fingerprint density at radius 2 is 1.95 bits per heavy atom. The van der Waals surface area contributed by atoms with Crippen molar-refractivity contribution in [3.05, 3.63) is 65.5 Å². The highest BCUT2D eigenvalue weighted by Crippen LogP contribution is 1.99. The minimum absolute atomic E-state index is 0.330. The zero-order chi connectivity index (χ0) is 14.2. The van der Waals surface area contributed by atoms with Crippen molar-refractivity contribution in [3.63, 3.8) is 0 Å². The van der Waals surface area contributed by atoms with Gasteiger partial charge in [-0.3, -0.25) is 9.82 Å². The maximum atomic E-state index is 11.5. The van der Waals surface area contributed by atoms with Crippen LogP contribution < -0.4 is 10.8 Å². The lowest BCUT2D eigenvalue weighted by molar-refractivity contribution is 0.0489. The van der Waals surface area contributed by atoms with Crippen LogP contribution in [0, 0.1) is 6.92 Å². The molecule has 2 amide bonds. The Morgan fingerprint density at radius 3 is 2.70 bits per heavy atom. The zero-order valence-electron chi connectivity index (χ0n) is 11.3. The minimum atomic E-state index is -0.385. The summed E-state index contributed by atoms with van der Waals surface area (Å²) in [5.74, 6) is 0. The van der Waals surface area contributed by atoms with E-state index >= 15 is 0 Å². The van der Waals surface area contributed by atoms with Crippen LogP contribution in [0.1, 0.15) is 17.0 Å². The molecular weight excluding hydrogens is 254 g/mol. The van der Waals surface area contributed by atoms with Gasteiger partial charge < -0.3 is 5.32 Å². The maximum absolute atomic E-state index is 11.5. The van der Waals surface area contributed by atoms with Gasteiger partial charge in [0, 0.05) is 5.69 Å². The van der Waals surface area contributed by atoms with Crippen molar-refractivity contribution in [2.45, 2.75) is 20.1 Å². The summed E-state index contributed by atoms with van der Waals surface area (Å²) >= 11 is 0. The molecular formula is C15H17N3O2. The number of aryl methyl sites for hydroxylation is 1. The van der Waals surface area contributed by atoms with Crippen LogP contribution in [0.2, 0.25) is 0 Å². The third-order valence-electron chi connectivity index (χ3n) is 2.62. The predicted molar refractivity (Wildman–Crippen MR) is 75.6 cm³/mol. The second-order valence-electron chi connectivity index (χ2n) is 4.33. The highest BCUT2D eigenvalue weighted by Gasteiger charge is 2.01. The predicted octanol–water partition coefficient (Wildman–Crippen LogP) is 2.32. The topological polar surface area (TPSA) is 63.2 Å². The normalized spacial score (nSPS) is 10.1. The van der Waals surface area contributed by atoms with E-state index in [1.165, 1.54) is 0 Å². The molecule has 1 heterocycles. The number of aromatic nitrogens is 1. The molecule has 0 fully saturated rings. The molecule has 0 radical (unpaired) electrons. The largest absolute Gasteiger partial charge is 0.339 e. The van der Waals surface area contributed by atoms with Gasteiger partial charge in [0.05, 0.1) is 18.8 Å². The molecule has 0 saturated heterocycles. The van der Waals surface area contributed by atoms with Crippen molar-refractivity contribution < 1.29 is 9.63 Å². The second kappa shape index (κ2) is 7.25. The van der Waals surface area contributed by atoms with Gasteiger partial charge in [-0.05, 0) is 24.6 Å². The third kappa shape index (κ3) is 4.70. The molecule has 2 aromatic rings. The second-order valence-corrected chi connectivity index (χ2v) is 4.33. The Hall–Kier alpha value is -2.40. The minimum Gasteiger partial charge on any atom is -0.331 e. The number of hydrogen-bond acceptors (Lipinski definition) is 3. The van der Waals surface area contributed by atoms with Gasteiger partial charge in [-0.1, -0.05) is 36.4 Å². The van der Waals surface area contributed by atoms with Gasteiger partial charge in [-0.2, -0.15) is 0 Å². The van der Waals surface area contributed by atoms with Gasteiger partial charge in [0.15, 0.2) is 0 Å². The zero-order valence-corrected chi connectivity index (χ0v) is 11.3. The molecule has 0 atom stereocenters. The summed E-state index contributed by atoms with van der Waals surface area (Å²) in [6, 6.07) is 14.9. The van der Waals surface area contributed by atoms with E-state index < -0.39 is 0 Å². The van der Waals surface area contributed by atoms with E-state index in [1.54, 1.807) is 0 Å². The van der Waals surface area contributed by atoms with Crippen LogP contribution in [0.3, 0.4) is 0 Å². The summed E-state index contributed by atoms with van der Waals surface area (Å²) in [6.07, 6.45) is 0. The smallest absolute Gasteiger partial charge is 0.331 e. The number of nitrogens with one attached hydrogen (secondary N) is 2. The van der Waals surface area contributed by atoms with Gasteiger partial charge in [0.2, 0.25) is 0 Å². The molecule has 0 bridgehead atoms. The summed E-state index contributed by atoms with van der Waals surface area (Å²) in [6.45, 7) is 2.60. The molecule has 0 saturated carbocycles. The molecule has 5 nitrogen and oxygen atoms in total. The standard InChI is InChI=1S/C15H17N3O2/c1-12-6-5-9-14(17-12)10-16-15(19)18-20-11-13-7-3-2-4-8-13/h2-9H,10-11H2,1H3,(H2,16,18,19). The van der Waals surface area contributed by atoms with Gasteiger partial charge >= 0.3 is 6.03 Å². The Morgan fingerprint density at radius 1 is 1.15 bits per heavy atom. The summed E-state index contributed by atoms with van der Waals surface area (Å²) in [5.41, 5.74) is 5.06. The Kier molecular flexibility index (Phi) is 5.08. The third-order valence-corrected chi connectivity index (χ3v) is 2.62. The lowest BCUT2D eigenvalue weighted by atomic mass is 10.2. The van der Waals surface area contributed by atoms with Crippen LogP contribution in [0.25, 0.3) is 0 Å². The van der Waals surface area contributed by atoms with Crippen molar-refractivity contribution >= 4 is 6.03 Å². The lowest BCUT2D eigenvalue weighted by Gasteiger charge is -2.08. The molecule has 5 heteroatoms. The molecule has 2 rings (SSSR count). The molecule has 20 heavy (non-hydrogen) atoms. The first-order valence-electron chi connectivity index (χ1n) is 6.36. The van der Waals surface area contributed by atoms with Crippen LogP contribution >= 0.6 is 0 Å². The number of carbonyl (C=O) groups is 1. The molecule has 0 spiro atoms. The fourth-order valence-corrected chi connectivity index (χ4v) is 1.66. The van der Waals surface area contributed by atoms with Gasteiger partial charge in [-0.15, -0.1) is 0 Å². The van der Waals surface area contributed by atoms with Gasteiger partial charge in [0.25, 0.3) is 0 Å². The fourth-order valence-electron chi connectivity index (χ4n) is 1.66. The first-order valence-corrected chi connectivity index (χ1v) is 6.36. The van der Waals surface area contributed by atoms with E-state index in [9.17, 15) is 4.79 Å². The quantitative estimate of drug-likeness (QED) is 0.820. The summed E-state index contributed by atoms with van der Waals surface area (Å²) in [4.78, 5) is 20.9. The first kappa shape index (κ1) is 14.0. The average molecular weight is 271 g/mol. The van der Waals surface area contributed by atoms with Gasteiger partial charge in [0.1, 0.15) is 0 Å². The number of rotatable bonds is 5. The molecule has 1 aromatic heterocycles. The van der Waals surface area contributed by atoms with Crippen LogP contribution in [-0.4, -0.2) is 11.0 Å². The Bertz CT molecular complexity index is 558. The van der Waals surface area contributed by atoms with Crippen LogP contribution in [0.4, 0.5) is 4.79 Å². The number of nitrogens with zero attached hydrogens (tertiary/aromatic N) is 1. The summed E-state index contributed by atoms with van der Waals surface area (Å²) in [5, 5.41) is 2.67.